The molecule has 0 unspecified atom stereocenters. The molecule has 28 heavy (non-hydrogen) atoms. The summed E-state index contributed by atoms with van der Waals surface area (Å²) in [5.74, 6) is 1.99. The lowest BCUT2D eigenvalue weighted by molar-refractivity contribution is 0.112. The molecule has 0 aliphatic heterocycles. The Morgan fingerprint density at radius 1 is 1.07 bits per heavy atom. The molecule has 3 heterocycles. The molecule has 1 aliphatic carbocycles. The number of anilines is 2. The Labute approximate surface area is 168 Å². The standard InChI is InChI=1S/C20H21ClN6O/c21-19-18-15(7-8-22-19)3-6-17(27-18)26-16-4-1-13(2-5-16)9-23-20-24-10-14(12-28)11-25-20/h3,6-8,10-13,16H,1-2,4-5,9H2,(H,26,27)(H,23,24,25)/t13-,16-. The molecule has 0 spiro atoms. The number of aromatic nitrogens is 4. The number of carbonyl (C=O) groups is 1. The molecule has 3 aromatic heterocycles. The molecule has 7 nitrogen and oxygen atoms in total. The van der Waals surface area contributed by atoms with Gasteiger partial charge in [0.25, 0.3) is 0 Å². The third-order valence-electron chi connectivity index (χ3n) is 5.12. The van der Waals surface area contributed by atoms with E-state index in [1.165, 1.54) is 12.4 Å². The molecule has 0 saturated heterocycles. The highest BCUT2D eigenvalue weighted by atomic mass is 35.5. The lowest BCUT2D eigenvalue weighted by Crippen LogP contribution is -2.29. The number of hydrogen-bond acceptors (Lipinski definition) is 7. The minimum absolute atomic E-state index is 0.403. The zero-order chi connectivity index (χ0) is 19.3. The maximum absolute atomic E-state index is 10.6. The Kier molecular flexibility index (Phi) is 5.62. The van der Waals surface area contributed by atoms with E-state index in [0.29, 0.717) is 28.6 Å². The first kappa shape index (κ1) is 18.6. The van der Waals surface area contributed by atoms with Crippen molar-refractivity contribution in [1.82, 2.24) is 19.9 Å². The smallest absolute Gasteiger partial charge is 0.222 e. The average molecular weight is 397 g/mol. The molecule has 2 N–H and O–H groups in total. The van der Waals surface area contributed by atoms with Crippen molar-refractivity contribution in [2.75, 3.05) is 17.2 Å². The summed E-state index contributed by atoms with van der Waals surface area (Å²) in [7, 11) is 0. The van der Waals surface area contributed by atoms with Crippen LogP contribution in [0.3, 0.4) is 0 Å². The second-order valence-corrected chi connectivity index (χ2v) is 7.43. The van der Waals surface area contributed by atoms with E-state index in [1.807, 2.05) is 18.2 Å². The lowest BCUT2D eigenvalue weighted by Gasteiger charge is -2.29. The van der Waals surface area contributed by atoms with Gasteiger partial charge >= 0.3 is 0 Å². The first-order valence-electron chi connectivity index (χ1n) is 9.40. The number of halogens is 1. The highest BCUT2D eigenvalue weighted by Gasteiger charge is 2.21. The number of fused-ring (bicyclic) bond motifs is 1. The van der Waals surface area contributed by atoms with Crippen LogP contribution >= 0.6 is 11.6 Å². The molecule has 4 rings (SSSR count). The van der Waals surface area contributed by atoms with Crippen LogP contribution in [0.15, 0.2) is 36.8 Å². The zero-order valence-electron chi connectivity index (χ0n) is 15.3. The molecular weight excluding hydrogens is 376 g/mol. The van der Waals surface area contributed by atoms with Crippen LogP contribution in [0, 0.1) is 5.92 Å². The molecule has 0 aromatic carbocycles. The maximum Gasteiger partial charge on any atom is 0.222 e. The van der Waals surface area contributed by atoms with E-state index in [1.54, 1.807) is 6.20 Å². The number of hydrogen-bond donors (Lipinski definition) is 2. The van der Waals surface area contributed by atoms with E-state index in [9.17, 15) is 4.79 Å². The van der Waals surface area contributed by atoms with Gasteiger partial charge in [-0.15, -0.1) is 0 Å². The summed E-state index contributed by atoms with van der Waals surface area (Å²) < 4.78 is 0. The summed E-state index contributed by atoms with van der Waals surface area (Å²) in [6.45, 7) is 0.836. The number of nitrogens with zero attached hydrogens (tertiary/aromatic N) is 4. The van der Waals surface area contributed by atoms with Crippen LogP contribution in [0.5, 0.6) is 0 Å². The maximum atomic E-state index is 10.6. The van der Waals surface area contributed by atoms with Gasteiger partial charge in [0, 0.05) is 36.6 Å². The first-order chi connectivity index (χ1) is 13.7. The van der Waals surface area contributed by atoms with Gasteiger partial charge in [0.2, 0.25) is 5.95 Å². The average Bonchev–Trinajstić information content (AvgIpc) is 2.74. The van der Waals surface area contributed by atoms with Crippen LogP contribution < -0.4 is 10.6 Å². The summed E-state index contributed by atoms with van der Waals surface area (Å²) in [6.07, 6.45) is 9.89. The van der Waals surface area contributed by atoms with Crippen molar-refractivity contribution in [2.24, 2.45) is 5.92 Å². The highest BCUT2D eigenvalue weighted by Crippen LogP contribution is 2.27. The van der Waals surface area contributed by atoms with Crippen molar-refractivity contribution in [1.29, 1.82) is 0 Å². The van der Waals surface area contributed by atoms with Crippen LogP contribution in [0.1, 0.15) is 36.0 Å². The zero-order valence-corrected chi connectivity index (χ0v) is 16.1. The van der Waals surface area contributed by atoms with Gasteiger partial charge in [-0.3, -0.25) is 4.79 Å². The third kappa shape index (κ3) is 4.36. The van der Waals surface area contributed by atoms with Gasteiger partial charge in [-0.1, -0.05) is 11.6 Å². The molecule has 0 amide bonds. The van der Waals surface area contributed by atoms with Gasteiger partial charge in [0.05, 0.1) is 5.56 Å². The van der Waals surface area contributed by atoms with E-state index >= 15 is 0 Å². The minimum atomic E-state index is 0.403. The van der Waals surface area contributed by atoms with Crippen LogP contribution in [0.25, 0.3) is 10.9 Å². The van der Waals surface area contributed by atoms with Crippen LogP contribution in [-0.2, 0) is 0 Å². The first-order valence-corrected chi connectivity index (χ1v) is 9.78. The van der Waals surface area contributed by atoms with E-state index in [2.05, 4.69) is 30.6 Å². The van der Waals surface area contributed by atoms with Gasteiger partial charge in [-0.05, 0) is 49.8 Å². The quantitative estimate of drug-likeness (QED) is 0.481. The van der Waals surface area contributed by atoms with Crippen molar-refractivity contribution in [3.05, 3.63) is 47.5 Å². The van der Waals surface area contributed by atoms with Crippen molar-refractivity contribution >= 4 is 40.6 Å². The van der Waals surface area contributed by atoms with Crippen LogP contribution in [0.4, 0.5) is 11.8 Å². The van der Waals surface area contributed by atoms with Crippen molar-refractivity contribution in [3.8, 4) is 0 Å². The van der Waals surface area contributed by atoms with Gasteiger partial charge in [0.15, 0.2) is 11.4 Å². The molecule has 1 aliphatic rings. The van der Waals surface area contributed by atoms with E-state index in [4.69, 9.17) is 11.6 Å². The molecular formula is C20H21ClN6O. The fraction of sp³-hybridized carbons (Fsp3) is 0.350. The SMILES string of the molecule is O=Cc1cnc(NC[C@H]2CC[C@H](Nc3ccc4ccnc(Cl)c4n3)CC2)nc1. The third-order valence-corrected chi connectivity index (χ3v) is 5.40. The normalized spacial score (nSPS) is 19.3. The lowest BCUT2D eigenvalue weighted by atomic mass is 9.86. The van der Waals surface area contributed by atoms with Crippen molar-refractivity contribution in [2.45, 2.75) is 31.7 Å². The van der Waals surface area contributed by atoms with Crippen molar-refractivity contribution in [3.63, 3.8) is 0 Å². The Morgan fingerprint density at radius 3 is 2.61 bits per heavy atom. The number of aldehydes is 1. The van der Waals surface area contributed by atoms with Crippen molar-refractivity contribution < 1.29 is 4.79 Å². The molecule has 0 atom stereocenters. The number of rotatable bonds is 6. The van der Waals surface area contributed by atoms with E-state index < -0.39 is 0 Å². The Bertz CT molecular complexity index is 957. The largest absolute Gasteiger partial charge is 0.367 e. The summed E-state index contributed by atoms with van der Waals surface area (Å²) >= 11 is 6.16. The Balaban J connectivity index is 1.28. The molecule has 0 bridgehead atoms. The van der Waals surface area contributed by atoms with Gasteiger partial charge < -0.3 is 10.6 Å². The number of nitrogens with one attached hydrogen (secondary N) is 2. The molecule has 1 saturated carbocycles. The molecule has 3 aromatic rings. The van der Waals surface area contributed by atoms with Crippen LogP contribution in [-0.4, -0.2) is 38.8 Å². The summed E-state index contributed by atoms with van der Waals surface area (Å²) in [4.78, 5) is 27.7. The van der Waals surface area contributed by atoms with Crippen LogP contribution in [0.2, 0.25) is 5.15 Å². The Morgan fingerprint density at radius 2 is 1.86 bits per heavy atom. The van der Waals surface area contributed by atoms with E-state index in [0.717, 1.165) is 55.2 Å². The monoisotopic (exact) mass is 396 g/mol. The highest BCUT2D eigenvalue weighted by molar-refractivity contribution is 6.33. The second-order valence-electron chi connectivity index (χ2n) is 7.07. The Hall–Kier alpha value is -2.80. The second kappa shape index (κ2) is 8.48. The number of pyridine rings is 2. The minimum Gasteiger partial charge on any atom is -0.367 e. The number of carbonyl (C=O) groups excluding carboxylic acids is 1. The fourth-order valence-corrected chi connectivity index (χ4v) is 3.75. The molecule has 0 radical (unpaired) electrons. The molecule has 8 heteroatoms. The summed E-state index contributed by atoms with van der Waals surface area (Å²) in [5.41, 5.74) is 1.21. The molecule has 1 fully saturated rings. The van der Waals surface area contributed by atoms with E-state index in [-0.39, 0.29) is 0 Å². The van der Waals surface area contributed by atoms with Gasteiger partial charge in [-0.2, -0.15) is 0 Å². The summed E-state index contributed by atoms with van der Waals surface area (Å²) in [5, 5.41) is 8.22. The van der Waals surface area contributed by atoms with Gasteiger partial charge in [0.1, 0.15) is 11.3 Å². The topological polar surface area (TPSA) is 92.7 Å². The summed E-state index contributed by atoms with van der Waals surface area (Å²) in [6, 6.07) is 6.32. The predicted octanol–water partition coefficient (Wildman–Crippen LogP) is 3.97. The predicted molar refractivity (Wildman–Crippen MR) is 110 cm³/mol. The fourth-order valence-electron chi connectivity index (χ4n) is 3.54. The molecule has 144 valence electrons. The van der Waals surface area contributed by atoms with Gasteiger partial charge in [-0.25, -0.2) is 19.9 Å².